The molecule has 33 heavy (non-hydrogen) atoms. The Bertz CT molecular complexity index is 1260. The van der Waals surface area contributed by atoms with Crippen LogP contribution in [-0.2, 0) is 6.42 Å². The predicted octanol–water partition coefficient (Wildman–Crippen LogP) is 6.46. The van der Waals surface area contributed by atoms with Crippen molar-refractivity contribution in [2.75, 3.05) is 11.9 Å². The van der Waals surface area contributed by atoms with Crippen LogP contribution in [0.15, 0.2) is 84.0 Å². The predicted molar refractivity (Wildman–Crippen MR) is 135 cm³/mol. The van der Waals surface area contributed by atoms with Gasteiger partial charge in [0.1, 0.15) is 11.6 Å². The number of imidazole rings is 1. The Kier molecular flexibility index (Phi) is 5.94. The second kappa shape index (κ2) is 9.33. The van der Waals surface area contributed by atoms with Gasteiger partial charge in [-0.1, -0.05) is 55.8 Å². The lowest BCUT2D eigenvalue weighted by atomic mass is 9.91. The molecule has 1 aromatic heterocycles. The zero-order valence-electron chi connectivity index (χ0n) is 18.8. The number of H-pyrrole nitrogens is 1. The third-order valence-electron chi connectivity index (χ3n) is 6.13. The first-order valence-corrected chi connectivity index (χ1v) is 11.6. The smallest absolute Gasteiger partial charge is 0.116 e. The van der Waals surface area contributed by atoms with Gasteiger partial charge in [0.05, 0.1) is 23.3 Å². The van der Waals surface area contributed by atoms with E-state index < -0.39 is 0 Å². The van der Waals surface area contributed by atoms with Crippen LogP contribution in [0.5, 0.6) is 5.75 Å². The fourth-order valence-corrected chi connectivity index (χ4v) is 4.35. The number of aliphatic imine (C=N–C) groups is 1. The molecule has 0 saturated heterocycles. The van der Waals surface area contributed by atoms with Crippen LogP contribution >= 0.6 is 0 Å². The minimum atomic E-state index is 0.0582. The first-order chi connectivity index (χ1) is 16.2. The molecule has 3 aromatic carbocycles. The number of hydrogen-bond acceptors (Lipinski definition) is 4. The van der Waals surface area contributed by atoms with Gasteiger partial charge in [-0.05, 0) is 53.4 Å². The molecule has 5 heteroatoms. The molecule has 0 bridgehead atoms. The molecule has 0 radical (unpaired) electrons. The Balaban J connectivity index is 1.47. The minimum Gasteiger partial charge on any atom is -0.508 e. The molecule has 4 aromatic rings. The van der Waals surface area contributed by atoms with Crippen molar-refractivity contribution in [3.63, 3.8) is 0 Å². The number of fused-ring (bicyclic) bond motifs is 1. The second-order valence-electron chi connectivity index (χ2n) is 8.46. The van der Waals surface area contributed by atoms with Crippen LogP contribution in [0.2, 0.25) is 0 Å². The number of hydrogen-bond donors (Lipinski definition) is 3. The molecule has 1 atom stereocenters. The number of unbranched alkanes of at least 4 members (excludes halogenated alkanes) is 1. The number of anilines is 1. The van der Waals surface area contributed by atoms with Gasteiger partial charge in [0.25, 0.3) is 0 Å². The quantitative estimate of drug-likeness (QED) is 0.230. The van der Waals surface area contributed by atoms with Gasteiger partial charge in [-0.25, -0.2) is 4.98 Å². The average molecular weight is 437 g/mol. The van der Waals surface area contributed by atoms with E-state index in [1.165, 1.54) is 0 Å². The normalized spacial score (nSPS) is 15.3. The van der Waals surface area contributed by atoms with Crippen molar-refractivity contribution in [3.8, 4) is 17.0 Å². The van der Waals surface area contributed by atoms with Crippen molar-refractivity contribution in [3.05, 3.63) is 95.9 Å². The van der Waals surface area contributed by atoms with Crippen LogP contribution in [0.1, 0.15) is 42.6 Å². The lowest BCUT2D eigenvalue weighted by Crippen LogP contribution is -2.16. The van der Waals surface area contributed by atoms with Crippen LogP contribution < -0.4 is 5.32 Å². The molecule has 0 aliphatic carbocycles. The number of phenols is 1. The number of nitrogens with zero attached hydrogens (tertiary/aromatic N) is 2. The van der Waals surface area contributed by atoms with Gasteiger partial charge in [0, 0.05) is 24.6 Å². The van der Waals surface area contributed by atoms with Crippen LogP contribution in [0.3, 0.4) is 0 Å². The molecule has 1 aliphatic heterocycles. The molecule has 5 nitrogen and oxygen atoms in total. The van der Waals surface area contributed by atoms with Crippen LogP contribution in [0.25, 0.3) is 11.3 Å². The summed E-state index contributed by atoms with van der Waals surface area (Å²) in [6.45, 7) is 2.94. The number of nitrogens with one attached hydrogen (secondary N) is 2. The van der Waals surface area contributed by atoms with Gasteiger partial charge in [0.2, 0.25) is 0 Å². The van der Waals surface area contributed by atoms with Crippen molar-refractivity contribution in [2.24, 2.45) is 4.99 Å². The van der Waals surface area contributed by atoms with Crippen molar-refractivity contribution < 1.29 is 5.11 Å². The molecule has 1 unspecified atom stereocenters. The summed E-state index contributed by atoms with van der Waals surface area (Å²) in [6, 6.07) is 24.0. The Morgan fingerprint density at radius 2 is 1.88 bits per heavy atom. The molecule has 5 rings (SSSR count). The molecule has 2 heterocycles. The maximum atomic E-state index is 10.1. The summed E-state index contributed by atoms with van der Waals surface area (Å²) in [4.78, 5) is 13.0. The Morgan fingerprint density at radius 3 is 2.67 bits per heavy atom. The maximum absolute atomic E-state index is 10.1. The summed E-state index contributed by atoms with van der Waals surface area (Å²) in [5, 5.41) is 13.5. The highest BCUT2D eigenvalue weighted by Gasteiger charge is 2.28. The highest BCUT2D eigenvalue weighted by atomic mass is 16.3. The molecular weight excluding hydrogens is 408 g/mol. The first-order valence-electron chi connectivity index (χ1n) is 11.6. The Labute approximate surface area is 194 Å². The average Bonchev–Trinajstić information content (AvgIpc) is 3.49. The van der Waals surface area contributed by atoms with E-state index in [9.17, 15) is 5.11 Å². The van der Waals surface area contributed by atoms with Crippen molar-refractivity contribution in [1.82, 2.24) is 9.97 Å². The zero-order chi connectivity index (χ0) is 22.6. The summed E-state index contributed by atoms with van der Waals surface area (Å²) in [6.07, 6.45) is 5.19. The van der Waals surface area contributed by atoms with Gasteiger partial charge in [-0.3, -0.25) is 4.99 Å². The Morgan fingerprint density at radius 1 is 1.06 bits per heavy atom. The van der Waals surface area contributed by atoms with E-state index in [0.29, 0.717) is 0 Å². The number of benzene rings is 3. The Hall–Kier alpha value is -3.86. The largest absolute Gasteiger partial charge is 0.508 e. The molecule has 0 saturated carbocycles. The highest BCUT2D eigenvalue weighted by molar-refractivity contribution is 6.08. The molecule has 0 amide bonds. The van der Waals surface area contributed by atoms with Gasteiger partial charge >= 0.3 is 0 Å². The van der Waals surface area contributed by atoms with Crippen LogP contribution in [-0.4, -0.2) is 27.3 Å². The highest BCUT2D eigenvalue weighted by Crippen LogP contribution is 2.37. The van der Waals surface area contributed by atoms with E-state index in [1.54, 1.807) is 6.07 Å². The van der Waals surface area contributed by atoms with E-state index in [-0.39, 0.29) is 11.7 Å². The number of aromatic nitrogens is 2. The summed E-state index contributed by atoms with van der Waals surface area (Å²) < 4.78 is 0. The lowest BCUT2D eigenvalue weighted by molar-refractivity contribution is 0.475. The molecular formula is C28H28N4O. The number of phenolic OH excluding ortho intramolecular Hbond substituents is 1. The summed E-state index contributed by atoms with van der Waals surface area (Å²) >= 11 is 0. The molecule has 0 fully saturated rings. The standard InChI is InChI=1S/C28H28N4O/c1-2-3-9-27-30-18-26(32-27)19-10-12-21(13-11-19)31-28(20-7-5-4-6-8-20)24-17-29-25-15-14-22(33)16-23(24)25/h4-8,10-16,18,24,29,33H,2-3,9,17H2,1H3,(H,30,32). The monoisotopic (exact) mass is 436 g/mol. The number of aromatic hydroxyl groups is 1. The lowest BCUT2D eigenvalue weighted by Gasteiger charge is -2.15. The van der Waals surface area contributed by atoms with Gasteiger partial charge in [-0.15, -0.1) is 0 Å². The van der Waals surface area contributed by atoms with E-state index >= 15 is 0 Å². The first kappa shape index (κ1) is 21.0. The van der Waals surface area contributed by atoms with E-state index in [1.807, 2.05) is 36.5 Å². The second-order valence-corrected chi connectivity index (χ2v) is 8.46. The number of aromatic amines is 1. The fraction of sp³-hybridized carbons (Fsp3) is 0.214. The van der Waals surface area contributed by atoms with Crippen molar-refractivity contribution >= 4 is 17.1 Å². The van der Waals surface area contributed by atoms with E-state index in [2.05, 4.69) is 58.6 Å². The van der Waals surface area contributed by atoms with Crippen LogP contribution in [0, 0.1) is 0 Å². The van der Waals surface area contributed by atoms with Crippen LogP contribution in [0.4, 0.5) is 11.4 Å². The molecule has 3 N–H and O–H groups in total. The summed E-state index contributed by atoms with van der Waals surface area (Å²) in [5.74, 6) is 1.37. The minimum absolute atomic E-state index is 0.0582. The van der Waals surface area contributed by atoms with Gasteiger partial charge in [-0.2, -0.15) is 0 Å². The summed E-state index contributed by atoms with van der Waals surface area (Å²) in [7, 11) is 0. The van der Waals surface area contributed by atoms with Gasteiger partial charge < -0.3 is 15.4 Å². The summed E-state index contributed by atoms with van der Waals surface area (Å²) in [5.41, 5.74) is 7.23. The maximum Gasteiger partial charge on any atom is 0.116 e. The van der Waals surface area contributed by atoms with Gasteiger partial charge in [0.15, 0.2) is 0 Å². The van der Waals surface area contributed by atoms with Crippen molar-refractivity contribution in [2.45, 2.75) is 32.1 Å². The van der Waals surface area contributed by atoms with E-state index in [0.717, 1.165) is 71.1 Å². The molecule has 1 aliphatic rings. The fourth-order valence-electron chi connectivity index (χ4n) is 4.35. The SMILES string of the molecule is CCCCc1ncc(-c2ccc(N=C(c3ccccc3)C3CNc4ccc(O)cc43)cc2)[nH]1. The number of aryl methyl sites for hydroxylation is 1. The molecule has 0 spiro atoms. The van der Waals surface area contributed by atoms with Crippen molar-refractivity contribution in [1.29, 1.82) is 0 Å². The van der Waals surface area contributed by atoms with E-state index in [4.69, 9.17) is 4.99 Å². The third kappa shape index (κ3) is 4.53. The number of rotatable bonds is 7. The zero-order valence-corrected chi connectivity index (χ0v) is 18.8. The third-order valence-corrected chi connectivity index (χ3v) is 6.13. The molecule has 166 valence electrons. The topological polar surface area (TPSA) is 73.3 Å².